The lowest BCUT2D eigenvalue weighted by Crippen LogP contribution is -2.32. The molecular weight excluding hydrogens is 262 g/mol. The molecule has 1 aliphatic rings. The van der Waals surface area contributed by atoms with Crippen molar-refractivity contribution in [3.63, 3.8) is 0 Å². The number of rotatable bonds is 4. The summed E-state index contributed by atoms with van der Waals surface area (Å²) in [5, 5.41) is 6.88. The number of imide groups is 1. The van der Waals surface area contributed by atoms with Crippen molar-refractivity contribution in [3.8, 4) is 0 Å². The number of nitrogens with zero attached hydrogens (tertiary/aromatic N) is 3. The summed E-state index contributed by atoms with van der Waals surface area (Å²) < 4.78 is 0. The SMILES string of the molecule is Nc1nc(SCC(=O)ON2C(=O)CCC2=O)n[nH]1. The van der Waals surface area contributed by atoms with Crippen LogP contribution in [0.5, 0.6) is 0 Å². The van der Waals surface area contributed by atoms with Crippen LogP contribution in [0.4, 0.5) is 5.95 Å². The standard InChI is InChI=1S/C8H9N5O4S/c9-7-10-8(12-11-7)18-3-6(16)17-13-4(14)1-2-5(13)15/h1-3H2,(H3,9,10,11,12). The topological polar surface area (TPSA) is 131 Å². The van der Waals surface area contributed by atoms with E-state index in [0.717, 1.165) is 11.8 Å². The molecule has 1 fully saturated rings. The summed E-state index contributed by atoms with van der Waals surface area (Å²) in [6.07, 6.45) is 0.132. The molecule has 2 heterocycles. The fourth-order valence-electron chi connectivity index (χ4n) is 1.23. The van der Waals surface area contributed by atoms with Gasteiger partial charge in [0.1, 0.15) is 5.75 Å². The predicted octanol–water partition coefficient (Wildman–Crippen LogP) is -0.914. The number of nitrogens with two attached hydrogens (primary N) is 1. The first-order chi connectivity index (χ1) is 8.56. The fraction of sp³-hybridized carbons (Fsp3) is 0.375. The molecule has 9 nitrogen and oxygen atoms in total. The van der Waals surface area contributed by atoms with E-state index in [1.165, 1.54) is 0 Å². The van der Waals surface area contributed by atoms with E-state index >= 15 is 0 Å². The van der Waals surface area contributed by atoms with E-state index < -0.39 is 17.8 Å². The predicted molar refractivity (Wildman–Crippen MR) is 58.7 cm³/mol. The van der Waals surface area contributed by atoms with Crippen molar-refractivity contribution in [1.29, 1.82) is 0 Å². The Kier molecular flexibility index (Phi) is 3.46. The Morgan fingerprint density at radius 1 is 1.44 bits per heavy atom. The highest BCUT2D eigenvalue weighted by Gasteiger charge is 2.32. The molecule has 0 saturated carbocycles. The largest absolute Gasteiger partial charge is 0.368 e. The van der Waals surface area contributed by atoms with Crippen LogP contribution in [-0.4, -0.2) is 43.8 Å². The van der Waals surface area contributed by atoms with E-state index in [9.17, 15) is 14.4 Å². The van der Waals surface area contributed by atoms with Gasteiger partial charge in [-0.25, -0.2) is 9.89 Å². The van der Waals surface area contributed by atoms with Crippen molar-refractivity contribution in [1.82, 2.24) is 20.2 Å². The van der Waals surface area contributed by atoms with Gasteiger partial charge in [-0.3, -0.25) is 9.59 Å². The van der Waals surface area contributed by atoms with Gasteiger partial charge >= 0.3 is 5.97 Å². The second-order valence-corrected chi connectivity index (χ2v) is 4.28. The Balaban J connectivity index is 1.82. The molecule has 96 valence electrons. The van der Waals surface area contributed by atoms with Gasteiger partial charge in [0, 0.05) is 12.8 Å². The third kappa shape index (κ3) is 2.77. The molecule has 1 saturated heterocycles. The van der Waals surface area contributed by atoms with E-state index in [1.807, 2.05) is 0 Å². The van der Waals surface area contributed by atoms with Crippen LogP contribution in [0.25, 0.3) is 0 Å². The number of amides is 2. The molecule has 18 heavy (non-hydrogen) atoms. The van der Waals surface area contributed by atoms with Gasteiger partial charge in [0.05, 0.1) is 0 Å². The maximum absolute atomic E-state index is 11.4. The van der Waals surface area contributed by atoms with E-state index in [0.29, 0.717) is 5.06 Å². The van der Waals surface area contributed by atoms with E-state index in [1.54, 1.807) is 0 Å². The summed E-state index contributed by atoms with van der Waals surface area (Å²) in [5.41, 5.74) is 5.30. The minimum Gasteiger partial charge on any atom is -0.368 e. The molecule has 0 radical (unpaired) electrons. The second-order valence-electron chi connectivity index (χ2n) is 3.34. The maximum atomic E-state index is 11.4. The van der Waals surface area contributed by atoms with Crippen LogP contribution in [0.15, 0.2) is 5.16 Å². The molecule has 0 spiro atoms. The molecule has 3 N–H and O–H groups in total. The molecule has 1 aromatic heterocycles. The molecule has 0 bridgehead atoms. The Labute approximate surface area is 105 Å². The molecule has 2 amide bonds. The average molecular weight is 271 g/mol. The van der Waals surface area contributed by atoms with Crippen LogP contribution < -0.4 is 5.73 Å². The lowest BCUT2D eigenvalue weighted by Gasteiger charge is -2.11. The highest BCUT2D eigenvalue weighted by atomic mass is 32.2. The van der Waals surface area contributed by atoms with Crippen LogP contribution in [-0.2, 0) is 19.2 Å². The monoisotopic (exact) mass is 271 g/mol. The van der Waals surface area contributed by atoms with Crippen LogP contribution in [0.3, 0.4) is 0 Å². The van der Waals surface area contributed by atoms with Crippen molar-refractivity contribution < 1.29 is 19.2 Å². The van der Waals surface area contributed by atoms with Gasteiger partial charge in [-0.05, 0) is 0 Å². The summed E-state index contributed by atoms with van der Waals surface area (Å²) in [6, 6.07) is 0. The third-order valence-electron chi connectivity index (χ3n) is 2.00. The first-order valence-electron chi connectivity index (χ1n) is 4.93. The van der Waals surface area contributed by atoms with E-state index in [-0.39, 0.29) is 29.7 Å². The Morgan fingerprint density at radius 2 is 2.11 bits per heavy atom. The highest BCUT2D eigenvalue weighted by Crippen LogP contribution is 2.16. The Morgan fingerprint density at radius 3 is 2.67 bits per heavy atom. The van der Waals surface area contributed by atoms with E-state index in [4.69, 9.17) is 5.73 Å². The van der Waals surface area contributed by atoms with E-state index in [2.05, 4.69) is 20.0 Å². The van der Waals surface area contributed by atoms with Crippen LogP contribution in [0.1, 0.15) is 12.8 Å². The summed E-state index contributed by atoms with van der Waals surface area (Å²) in [4.78, 5) is 42.1. The minimum atomic E-state index is -0.730. The number of nitrogens with one attached hydrogen (secondary N) is 1. The summed E-state index contributed by atoms with van der Waals surface area (Å²) in [5.74, 6) is -1.75. The van der Waals surface area contributed by atoms with Gasteiger partial charge in [0.25, 0.3) is 11.8 Å². The lowest BCUT2D eigenvalue weighted by molar-refractivity contribution is -0.195. The van der Waals surface area contributed by atoms with Crippen LogP contribution in [0, 0.1) is 0 Å². The van der Waals surface area contributed by atoms with Gasteiger partial charge in [-0.15, -0.1) is 10.2 Å². The molecule has 10 heteroatoms. The number of hydroxylamine groups is 2. The zero-order valence-electron chi connectivity index (χ0n) is 9.08. The molecule has 1 aliphatic heterocycles. The Bertz CT molecular complexity index is 485. The quantitative estimate of drug-likeness (QED) is 0.531. The molecule has 0 aromatic carbocycles. The normalized spacial score (nSPS) is 15.2. The van der Waals surface area contributed by atoms with Gasteiger partial charge in [0.15, 0.2) is 0 Å². The summed E-state index contributed by atoms with van der Waals surface area (Å²) in [6.45, 7) is 0. The number of hydrogen-bond donors (Lipinski definition) is 2. The average Bonchev–Trinajstić information content (AvgIpc) is 2.87. The molecular formula is C8H9N5O4S. The smallest absolute Gasteiger partial charge is 0.343 e. The Hall–Kier alpha value is -2.10. The van der Waals surface area contributed by atoms with Crippen LogP contribution in [0.2, 0.25) is 0 Å². The number of aromatic nitrogens is 3. The van der Waals surface area contributed by atoms with Crippen molar-refractivity contribution in [2.24, 2.45) is 0 Å². The first kappa shape index (κ1) is 12.4. The summed E-state index contributed by atoms with van der Waals surface area (Å²) >= 11 is 0.978. The molecule has 1 aromatic rings. The number of carbonyl (C=O) groups is 3. The number of aromatic amines is 1. The number of nitrogen functional groups attached to an aromatic ring is 1. The van der Waals surface area contributed by atoms with Gasteiger partial charge < -0.3 is 10.6 Å². The first-order valence-corrected chi connectivity index (χ1v) is 5.92. The van der Waals surface area contributed by atoms with Gasteiger partial charge in [-0.1, -0.05) is 11.8 Å². The highest BCUT2D eigenvalue weighted by molar-refractivity contribution is 7.99. The molecule has 0 unspecified atom stereocenters. The lowest BCUT2D eigenvalue weighted by atomic mass is 10.4. The zero-order valence-corrected chi connectivity index (χ0v) is 9.90. The van der Waals surface area contributed by atoms with Crippen molar-refractivity contribution in [2.75, 3.05) is 11.5 Å². The number of carbonyl (C=O) groups excluding carboxylic acids is 3. The zero-order chi connectivity index (χ0) is 13.1. The van der Waals surface area contributed by atoms with Gasteiger partial charge in [-0.2, -0.15) is 4.98 Å². The number of anilines is 1. The molecule has 2 rings (SSSR count). The minimum absolute atomic E-state index is 0.0662. The van der Waals surface area contributed by atoms with Gasteiger partial charge in [0.2, 0.25) is 11.1 Å². The number of H-pyrrole nitrogens is 1. The van der Waals surface area contributed by atoms with Crippen molar-refractivity contribution in [3.05, 3.63) is 0 Å². The number of thioether (sulfide) groups is 1. The fourth-order valence-corrected chi connectivity index (χ4v) is 1.80. The summed E-state index contributed by atoms with van der Waals surface area (Å²) in [7, 11) is 0. The van der Waals surface area contributed by atoms with Crippen LogP contribution >= 0.6 is 11.8 Å². The van der Waals surface area contributed by atoms with Crippen molar-refractivity contribution >= 4 is 35.5 Å². The maximum Gasteiger partial charge on any atom is 0.343 e. The second kappa shape index (κ2) is 5.04. The third-order valence-corrected chi connectivity index (χ3v) is 2.82. The van der Waals surface area contributed by atoms with Crippen molar-refractivity contribution in [2.45, 2.75) is 18.0 Å². The molecule has 0 aliphatic carbocycles. The molecule has 0 atom stereocenters. The number of hydrogen-bond acceptors (Lipinski definition) is 8.